The molecule has 2 aliphatic heterocycles. The van der Waals surface area contributed by atoms with Gasteiger partial charge in [0.05, 0.1) is 12.6 Å². The van der Waals surface area contributed by atoms with Crippen LogP contribution in [0.15, 0.2) is 0 Å². The molecule has 18 heavy (non-hydrogen) atoms. The highest BCUT2D eigenvalue weighted by atomic mass is 16.3. The molecule has 2 fully saturated rings. The molecule has 0 aromatic carbocycles. The van der Waals surface area contributed by atoms with Gasteiger partial charge in [-0.1, -0.05) is 6.92 Å². The minimum atomic E-state index is -0.515. The lowest BCUT2D eigenvalue weighted by Crippen LogP contribution is -2.49. The van der Waals surface area contributed by atoms with E-state index in [-0.39, 0.29) is 36.9 Å². The molecule has 2 heterocycles. The third kappa shape index (κ3) is 2.45. The monoisotopic (exact) mass is 255 g/mol. The molecule has 0 aromatic rings. The molecule has 0 spiro atoms. The zero-order chi connectivity index (χ0) is 13.3. The van der Waals surface area contributed by atoms with Crippen molar-refractivity contribution in [1.29, 1.82) is 0 Å². The predicted octanol–water partition coefficient (Wildman–Crippen LogP) is -1.23. The number of carbonyl (C=O) groups excluding carboxylic acids is 3. The predicted molar refractivity (Wildman–Crippen MR) is 61.5 cm³/mol. The lowest BCUT2D eigenvalue weighted by atomic mass is 9.97. The summed E-state index contributed by atoms with van der Waals surface area (Å²) in [5.41, 5.74) is 0. The zero-order valence-corrected chi connectivity index (χ0v) is 10.3. The fourth-order valence-electron chi connectivity index (χ4n) is 2.21. The van der Waals surface area contributed by atoms with Gasteiger partial charge in [-0.15, -0.1) is 0 Å². The van der Waals surface area contributed by atoms with E-state index < -0.39 is 6.03 Å². The second-order valence-corrected chi connectivity index (χ2v) is 4.81. The lowest BCUT2D eigenvalue weighted by Gasteiger charge is -2.34. The number of aliphatic hydroxyl groups excluding tert-OH is 1. The van der Waals surface area contributed by atoms with Gasteiger partial charge < -0.3 is 15.3 Å². The first-order valence-corrected chi connectivity index (χ1v) is 6.03. The molecule has 4 amide bonds. The zero-order valence-electron chi connectivity index (χ0n) is 10.3. The van der Waals surface area contributed by atoms with E-state index in [1.54, 1.807) is 4.90 Å². The van der Waals surface area contributed by atoms with Crippen LogP contribution in [0.2, 0.25) is 0 Å². The van der Waals surface area contributed by atoms with Crippen molar-refractivity contribution in [2.24, 2.45) is 5.92 Å². The molecule has 100 valence electrons. The van der Waals surface area contributed by atoms with E-state index in [0.717, 1.165) is 4.90 Å². The minimum absolute atomic E-state index is 0.0193. The number of amides is 4. The third-order valence-electron chi connectivity index (χ3n) is 3.44. The molecule has 0 aromatic heterocycles. The van der Waals surface area contributed by atoms with Gasteiger partial charge in [0.2, 0.25) is 5.91 Å². The molecule has 7 nitrogen and oxygen atoms in total. The summed E-state index contributed by atoms with van der Waals surface area (Å²) in [4.78, 5) is 37.1. The van der Waals surface area contributed by atoms with E-state index in [1.165, 1.54) is 0 Å². The van der Waals surface area contributed by atoms with Crippen LogP contribution in [0.3, 0.4) is 0 Å². The van der Waals surface area contributed by atoms with Gasteiger partial charge in [0.1, 0.15) is 6.54 Å². The Labute approximate surface area is 105 Å². The molecule has 2 unspecified atom stereocenters. The van der Waals surface area contributed by atoms with Crippen molar-refractivity contribution in [2.45, 2.75) is 19.4 Å². The molecular weight excluding hydrogens is 238 g/mol. The number of nitrogens with zero attached hydrogens (tertiary/aromatic N) is 2. The summed E-state index contributed by atoms with van der Waals surface area (Å²) >= 11 is 0. The summed E-state index contributed by atoms with van der Waals surface area (Å²) in [6.07, 6.45) is 0.151. The number of piperidine rings is 1. The van der Waals surface area contributed by atoms with Crippen molar-refractivity contribution in [3.05, 3.63) is 0 Å². The standard InChI is InChI=1S/C11H17N3O4/c1-7-5-13(3-2-8(7)15)10(17)6-14-9(16)4-12-11(14)18/h7-8,15H,2-6H2,1H3,(H,12,18). The molecule has 0 bridgehead atoms. The maximum atomic E-state index is 12.0. The highest BCUT2D eigenvalue weighted by Gasteiger charge is 2.33. The van der Waals surface area contributed by atoms with Gasteiger partial charge in [-0.2, -0.15) is 0 Å². The van der Waals surface area contributed by atoms with Gasteiger partial charge in [0.25, 0.3) is 5.91 Å². The van der Waals surface area contributed by atoms with Crippen LogP contribution in [-0.4, -0.2) is 65.0 Å². The summed E-state index contributed by atoms with van der Waals surface area (Å²) in [5, 5.41) is 11.9. The van der Waals surface area contributed by atoms with E-state index >= 15 is 0 Å². The normalized spacial score (nSPS) is 28.6. The van der Waals surface area contributed by atoms with Gasteiger partial charge in [0.15, 0.2) is 0 Å². The maximum absolute atomic E-state index is 12.0. The van der Waals surface area contributed by atoms with Crippen LogP contribution < -0.4 is 5.32 Å². The maximum Gasteiger partial charge on any atom is 0.325 e. The van der Waals surface area contributed by atoms with Crippen molar-refractivity contribution in [3.8, 4) is 0 Å². The molecule has 2 atom stereocenters. The highest BCUT2D eigenvalue weighted by Crippen LogP contribution is 2.16. The SMILES string of the molecule is CC1CN(C(=O)CN2C(=O)CNC2=O)CCC1O. The Morgan fingerprint density at radius 2 is 2.22 bits per heavy atom. The number of nitrogens with one attached hydrogen (secondary N) is 1. The van der Waals surface area contributed by atoms with Crippen LogP contribution in [-0.2, 0) is 9.59 Å². The van der Waals surface area contributed by atoms with Crippen LogP contribution in [0, 0.1) is 5.92 Å². The molecule has 7 heteroatoms. The number of hydrogen-bond donors (Lipinski definition) is 2. The van der Waals surface area contributed by atoms with E-state index in [1.807, 2.05) is 6.92 Å². The Balaban J connectivity index is 1.92. The summed E-state index contributed by atoms with van der Waals surface area (Å²) in [6, 6.07) is -0.515. The smallest absolute Gasteiger partial charge is 0.325 e. The second kappa shape index (κ2) is 4.93. The first-order valence-electron chi connectivity index (χ1n) is 6.03. The fraction of sp³-hybridized carbons (Fsp3) is 0.727. The number of carbonyl (C=O) groups is 3. The Kier molecular flexibility index (Phi) is 3.51. The number of likely N-dealkylation sites (tertiary alicyclic amines) is 1. The van der Waals surface area contributed by atoms with Crippen LogP contribution >= 0.6 is 0 Å². The number of aliphatic hydroxyl groups is 1. The number of hydrogen-bond acceptors (Lipinski definition) is 4. The van der Waals surface area contributed by atoms with E-state index in [2.05, 4.69) is 5.32 Å². The van der Waals surface area contributed by atoms with Crippen molar-refractivity contribution >= 4 is 17.8 Å². The topological polar surface area (TPSA) is 90.0 Å². The summed E-state index contributed by atoms with van der Waals surface area (Å²) in [5.74, 6) is -0.608. The Morgan fingerprint density at radius 1 is 1.50 bits per heavy atom. The number of rotatable bonds is 2. The Hall–Kier alpha value is -1.63. The second-order valence-electron chi connectivity index (χ2n) is 4.81. The highest BCUT2D eigenvalue weighted by molar-refractivity contribution is 6.04. The molecule has 2 rings (SSSR count). The average Bonchev–Trinajstić information content (AvgIpc) is 2.64. The molecule has 0 radical (unpaired) electrons. The van der Waals surface area contributed by atoms with Crippen LogP contribution in [0.4, 0.5) is 4.79 Å². The molecule has 2 aliphatic rings. The van der Waals surface area contributed by atoms with Crippen LogP contribution in [0.5, 0.6) is 0 Å². The Bertz CT molecular complexity index is 368. The van der Waals surface area contributed by atoms with E-state index in [9.17, 15) is 19.5 Å². The number of urea groups is 1. The quantitative estimate of drug-likeness (QED) is 0.604. The molecule has 0 aliphatic carbocycles. The van der Waals surface area contributed by atoms with E-state index in [0.29, 0.717) is 19.5 Å². The van der Waals surface area contributed by atoms with Crippen molar-refractivity contribution in [2.75, 3.05) is 26.2 Å². The van der Waals surface area contributed by atoms with Gasteiger partial charge in [-0.05, 0) is 12.3 Å². The largest absolute Gasteiger partial charge is 0.393 e. The first-order chi connectivity index (χ1) is 8.49. The van der Waals surface area contributed by atoms with Gasteiger partial charge in [-0.3, -0.25) is 14.5 Å². The van der Waals surface area contributed by atoms with Crippen molar-refractivity contribution < 1.29 is 19.5 Å². The first kappa shape index (κ1) is 12.8. The fourth-order valence-corrected chi connectivity index (χ4v) is 2.21. The van der Waals surface area contributed by atoms with Gasteiger partial charge >= 0.3 is 6.03 Å². The van der Waals surface area contributed by atoms with Crippen LogP contribution in [0.1, 0.15) is 13.3 Å². The van der Waals surface area contributed by atoms with E-state index in [4.69, 9.17) is 0 Å². The number of imide groups is 1. The van der Waals surface area contributed by atoms with Gasteiger partial charge in [0, 0.05) is 13.1 Å². The minimum Gasteiger partial charge on any atom is -0.393 e. The van der Waals surface area contributed by atoms with Crippen molar-refractivity contribution in [1.82, 2.24) is 15.1 Å². The van der Waals surface area contributed by atoms with Crippen LogP contribution in [0.25, 0.3) is 0 Å². The summed E-state index contributed by atoms with van der Waals surface area (Å²) < 4.78 is 0. The molecule has 2 N–H and O–H groups in total. The summed E-state index contributed by atoms with van der Waals surface area (Å²) in [6.45, 7) is 2.55. The molecular formula is C11H17N3O4. The van der Waals surface area contributed by atoms with Gasteiger partial charge in [-0.25, -0.2) is 4.79 Å². The molecule has 0 saturated carbocycles. The summed E-state index contributed by atoms with van der Waals surface area (Å²) in [7, 11) is 0. The lowest BCUT2D eigenvalue weighted by molar-refractivity contribution is -0.139. The Morgan fingerprint density at radius 3 is 2.78 bits per heavy atom. The van der Waals surface area contributed by atoms with Crippen molar-refractivity contribution in [3.63, 3.8) is 0 Å². The third-order valence-corrected chi connectivity index (χ3v) is 3.44. The molecule has 2 saturated heterocycles. The average molecular weight is 255 g/mol.